The van der Waals surface area contributed by atoms with Crippen molar-refractivity contribution in [1.82, 2.24) is 0 Å². The summed E-state index contributed by atoms with van der Waals surface area (Å²) in [5.41, 5.74) is 0.780. The summed E-state index contributed by atoms with van der Waals surface area (Å²) in [5, 5.41) is 0. The Labute approximate surface area is 95.7 Å². The van der Waals surface area contributed by atoms with Gasteiger partial charge >= 0.3 is 0 Å². The van der Waals surface area contributed by atoms with Crippen molar-refractivity contribution in [2.45, 2.75) is 6.92 Å². The average molecular weight is 277 g/mol. The Balaban J connectivity index is 2.61. The summed E-state index contributed by atoms with van der Waals surface area (Å²) in [4.78, 5) is 0. The first-order valence-electron chi connectivity index (χ1n) is 4.14. The Morgan fingerprint density at radius 3 is 2.71 bits per heavy atom. The van der Waals surface area contributed by atoms with Crippen LogP contribution in [0.25, 0.3) is 6.08 Å². The number of hydrogen-bond donors (Lipinski definition) is 0. The molecule has 0 N–H and O–H groups in total. The largest absolute Gasteiger partial charge is 0.397 e. The average Bonchev–Trinajstić information content (AvgIpc) is 2.18. The van der Waals surface area contributed by atoms with E-state index in [-0.39, 0.29) is 0 Å². The predicted octanol–water partition coefficient (Wildman–Crippen LogP) is 4.40. The molecule has 4 heteroatoms. The highest BCUT2D eigenvalue weighted by molar-refractivity contribution is 9.10. The van der Waals surface area contributed by atoms with E-state index in [2.05, 4.69) is 15.9 Å². The van der Waals surface area contributed by atoms with Crippen molar-refractivity contribution in [3.8, 4) is 0 Å². The van der Waals surface area contributed by atoms with E-state index in [0.717, 1.165) is 27.8 Å². The zero-order chi connectivity index (χ0) is 10.4. The van der Waals surface area contributed by atoms with Crippen molar-refractivity contribution in [1.29, 1.82) is 0 Å². The first-order chi connectivity index (χ1) is 6.72. The molecule has 0 saturated carbocycles. The van der Waals surface area contributed by atoms with Crippen LogP contribution in [0, 0.1) is 0 Å². The van der Waals surface area contributed by atoms with Gasteiger partial charge in [-0.05, 0) is 17.7 Å². The molecule has 76 valence electrons. The zero-order valence-corrected chi connectivity index (χ0v) is 10.1. The molecule has 1 aromatic carbocycles. The second kappa shape index (κ2) is 6.09. The van der Waals surface area contributed by atoms with E-state index in [0.29, 0.717) is 0 Å². The van der Waals surface area contributed by atoms with Crippen molar-refractivity contribution < 1.29 is 8.57 Å². The summed E-state index contributed by atoms with van der Waals surface area (Å²) in [6.07, 6.45) is 1.36. The Morgan fingerprint density at radius 1 is 1.50 bits per heavy atom. The highest BCUT2D eigenvalue weighted by Gasteiger charge is 1.96. The van der Waals surface area contributed by atoms with Gasteiger partial charge in [-0.25, -0.2) is 0 Å². The Hall–Kier alpha value is -0.480. The van der Waals surface area contributed by atoms with E-state index in [1.54, 1.807) is 0 Å². The van der Waals surface area contributed by atoms with E-state index >= 15 is 0 Å². The Bertz CT molecular complexity index is 310. The molecule has 0 heterocycles. The van der Waals surface area contributed by atoms with Gasteiger partial charge in [0.2, 0.25) is 0 Å². The van der Waals surface area contributed by atoms with Crippen LogP contribution in [0.15, 0.2) is 34.8 Å². The number of hydrogen-bond acceptors (Lipinski definition) is 2. The fraction of sp³-hybridized carbons (Fsp3) is 0.200. The molecule has 14 heavy (non-hydrogen) atoms. The van der Waals surface area contributed by atoms with E-state index in [1.807, 2.05) is 31.2 Å². The molecule has 0 bridgehead atoms. The minimum Gasteiger partial charge on any atom is -0.397 e. The van der Waals surface area contributed by atoms with Crippen LogP contribution >= 0.6 is 28.0 Å². The van der Waals surface area contributed by atoms with E-state index in [4.69, 9.17) is 4.18 Å². The second-order valence-corrected chi connectivity index (χ2v) is 4.39. The van der Waals surface area contributed by atoms with Crippen LogP contribution in [0.3, 0.4) is 0 Å². The van der Waals surface area contributed by atoms with Gasteiger partial charge in [0.05, 0.1) is 12.0 Å². The monoisotopic (exact) mass is 276 g/mol. The van der Waals surface area contributed by atoms with Crippen molar-refractivity contribution >= 4 is 34.0 Å². The topological polar surface area (TPSA) is 9.23 Å². The summed E-state index contributed by atoms with van der Waals surface area (Å²) in [5.74, 6) is 0.724. The molecule has 0 fully saturated rings. The summed E-state index contributed by atoms with van der Waals surface area (Å²) < 4.78 is 18.7. The van der Waals surface area contributed by atoms with Crippen LogP contribution in [-0.4, -0.2) is 5.75 Å². The summed E-state index contributed by atoms with van der Waals surface area (Å²) in [7, 11) is 0. The molecule has 0 aliphatic carbocycles. The van der Waals surface area contributed by atoms with Gasteiger partial charge in [-0.1, -0.05) is 35.0 Å². The van der Waals surface area contributed by atoms with Crippen LogP contribution in [0.5, 0.6) is 0 Å². The maximum atomic E-state index is 13.0. The SMILES string of the molecule is CCSO/C(F)=C/c1ccc(Br)cc1. The first-order valence-corrected chi connectivity index (χ1v) is 5.85. The van der Waals surface area contributed by atoms with E-state index in [1.165, 1.54) is 6.08 Å². The highest BCUT2D eigenvalue weighted by atomic mass is 79.9. The highest BCUT2D eigenvalue weighted by Crippen LogP contribution is 2.17. The molecule has 0 aliphatic rings. The molecule has 0 amide bonds. The fourth-order valence-corrected chi connectivity index (χ4v) is 1.37. The molecular formula is C10H10BrFOS. The van der Waals surface area contributed by atoms with Crippen molar-refractivity contribution in [2.75, 3.05) is 5.75 Å². The second-order valence-electron chi connectivity index (χ2n) is 2.49. The first kappa shape index (κ1) is 11.6. The third-order valence-corrected chi connectivity index (χ3v) is 2.45. The van der Waals surface area contributed by atoms with Crippen molar-refractivity contribution in [3.63, 3.8) is 0 Å². The minimum absolute atomic E-state index is 0.570. The van der Waals surface area contributed by atoms with Gasteiger partial charge in [0.1, 0.15) is 0 Å². The smallest absolute Gasteiger partial charge is 0.285 e. The summed E-state index contributed by atoms with van der Waals surface area (Å²) in [6, 6.07) is 6.75. The van der Waals surface area contributed by atoms with Crippen LogP contribution in [0.2, 0.25) is 0 Å². The normalized spacial score (nSPS) is 11.5. The van der Waals surface area contributed by atoms with Gasteiger partial charge in [-0.15, -0.1) is 0 Å². The van der Waals surface area contributed by atoms with Crippen molar-refractivity contribution in [3.05, 3.63) is 40.3 Å². The molecule has 1 aromatic rings. The molecule has 1 nitrogen and oxygen atoms in total. The van der Waals surface area contributed by atoms with Gasteiger partial charge in [-0.3, -0.25) is 0 Å². The third kappa shape index (κ3) is 4.15. The Morgan fingerprint density at radius 2 is 2.14 bits per heavy atom. The van der Waals surface area contributed by atoms with Crippen LogP contribution in [0.1, 0.15) is 12.5 Å². The molecule has 1 rings (SSSR count). The van der Waals surface area contributed by atoms with Crippen LogP contribution < -0.4 is 0 Å². The Kier molecular flexibility index (Phi) is 5.04. The van der Waals surface area contributed by atoms with Gasteiger partial charge in [0.15, 0.2) is 0 Å². The van der Waals surface area contributed by atoms with Gasteiger partial charge in [0, 0.05) is 16.3 Å². The number of rotatable bonds is 4. The molecule has 0 spiro atoms. The van der Waals surface area contributed by atoms with E-state index in [9.17, 15) is 4.39 Å². The van der Waals surface area contributed by atoms with Crippen LogP contribution in [0.4, 0.5) is 4.39 Å². The molecule has 0 atom stereocenters. The lowest BCUT2D eigenvalue weighted by molar-refractivity contribution is 0.351. The molecular weight excluding hydrogens is 267 g/mol. The third-order valence-electron chi connectivity index (χ3n) is 1.41. The minimum atomic E-state index is -0.570. The molecule has 0 unspecified atom stereocenters. The lowest BCUT2D eigenvalue weighted by Gasteiger charge is -1.98. The number of benzene rings is 1. The zero-order valence-electron chi connectivity index (χ0n) is 7.67. The van der Waals surface area contributed by atoms with E-state index < -0.39 is 6.01 Å². The summed E-state index contributed by atoms with van der Waals surface area (Å²) >= 11 is 4.39. The van der Waals surface area contributed by atoms with Gasteiger partial charge < -0.3 is 4.18 Å². The van der Waals surface area contributed by atoms with Crippen molar-refractivity contribution in [2.24, 2.45) is 0 Å². The maximum Gasteiger partial charge on any atom is 0.285 e. The predicted molar refractivity (Wildman–Crippen MR) is 62.4 cm³/mol. The van der Waals surface area contributed by atoms with Gasteiger partial charge in [-0.2, -0.15) is 4.39 Å². The van der Waals surface area contributed by atoms with Gasteiger partial charge in [0.25, 0.3) is 6.01 Å². The lowest BCUT2D eigenvalue weighted by Crippen LogP contribution is -1.78. The summed E-state index contributed by atoms with van der Waals surface area (Å²) in [6.45, 7) is 1.90. The number of halogens is 2. The maximum absolute atomic E-state index is 13.0. The molecule has 0 aliphatic heterocycles. The molecule has 0 aromatic heterocycles. The fourth-order valence-electron chi connectivity index (χ4n) is 0.829. The molecule has 0 saturated heterocycles. The quantitative estimate of drug-likeness (QED) is 0.596. The lowest BCUT2D eigenvalue weighted by atomic mass is 10.2. The standard InChI is InChI=1S/C10H10BrFOS/c1-2-14-13-10(12)7-8-3-5-9(11)6-4-8/h3-7H,2H2,1H3/b10-7+. The molecule has 0 radical (unpaired) electrons. The van der Waals surface area contributed by atoms with Crippen LogP contribution in [-0.2, 0) is 4.18 Å².